The number of amides is 1. The van der Waals surface area contributed by atoms with E-state index < -0.39 is 0 Å². The highest BCUT2D eigenvalue weighted by Gasteiger charge is 2.15. The van der Waals surface area contributed by atoms with Gasteiger partial charge in [-0.05, 0) is 49.9 Å². The Morgan fingerprint density at radius 3 is 2.88 bits per heavy atom. The molecule has 0 bridgehead atoms. The van der Waals surface area contributed by atoms with Crippen molar-refractivity contribution in [3.63, 3.8) is 0 Å². The highest BCUT2D eigenvalue weighted by atomic mass is 16.1. The second kappa shape index (κ2) is 5.04. The molecule has 0 saturated heterocycles. The van der Waals surface area contributed by atoms with Crippen LogP contribution in [0.2, 0.25) is 0 Å². The van der Waals surface area contributed by atoms with Crippen LogP contribution >= 0.6 is 0 Å². The lowest BCUT2D eigenvalue weighted by molar-refractivity contribution is 0.0934. The minimum atomic E-state index is 0.00259. The summed E-state index contributed by atoms with van der Waals surface area (Å²) in [6.07, 6.45) is 7.29. The molecule has 1 amide bonds. The highest BCUT2D eigenvalue weighted by Crippen LogP contribution is 2.15. The van der Waals surface area contributed by atoms with Gasteiger partial charge in [0.1, 0.15) is 0 Å². The summed E-state index contributed by atoms with van der Waals surface area (Å²) in [5.74, 6) is 0.00259. The summed E-state index contributed by atoms with van der Waals surface area (Å²) in [5, 5.41) is 3.06. The van der Waals surface area contributed by atoms with E-state index in [0.29, 0.717) is 11.3 Å². The number of nitrogen functional groups attached to an aromatic ring is 1. The average molecular weight is 230 g/mol. The van der Waals surface area contributed by atoms with Gasteiger partial charge >= 0.3 is 0 Å². The molecule has 3 nitrogen and oxygen atoms in total. The van der Waals surface area contributed by atoms with Crippen LogP contribution in [0.3, 0.4) is 0 Å². The Hall–Kier alpha value is -1.77. The van der Waals surface area contributed by atoms with Crippen LogP contribution in [0, 0.1) is 6.92 Å². The van der Waals surface area contributed by atoms with E-state index in [9.17, 15) is 4.79 Å². The standard InChI is InChI=1S/C14H18N2O/c1-10-9-11(15)7-8-13(10)14(17)16-12-5-3-2-4-6-12/h2-3,7-9,12H,4-6,15H2,1H3,(H,16,17). The van der Waals surface area contributed by atoms with Gasteiger partial charge in [-0.2, -0.15) is 0 Å². The van der Waals surface area contributed by atoms with Crippen molar-refractivity contribution in [1.82, 2.24) is 5.32 Å². The van der Waals surface area contributed by atoms with Crippen LogP contribution in [0.25, 0.3) is 0 Å². The van der Waals surface area contributed by atoms with Crippen molar-refractivity contribution in [3.8, 4) is 0 Å². The normalized spacial score (nSPS) is 19.0. The number of hydrogen-bond acceptors (Lipinski definition) is 2. The summed E-state index contributed by atoms with van der Waals surface area (Å²) in [4.78, 5) is 12.1. The number of benzene rings is 1. The molecule has 0 radical (unpaired) electrons. The van der Waals surface area contributed by atoms with Crippen molar-refractivity contribution >= 4 is 11.6 Å². The lowest BCUT2D eigenvalue weighted by Crippen LogP contribution is -2.35. The van der Waals surface area contributed by atoms with Crippen LogP contribution in [-0.4, -0.2) is 11.9 Å². The van der Waals surface area contributed by atoms with Gasteiger partial charge in [0.25, 0.3) is 5.91 Å². The molecular formula is C14H18N2O. The maximum absolute atomic E-state index is 12.1. The monoisotopic (exact) mass is 230 g/mol. The van der Waals surface area contributed by atoms with Gasteiger partial charge in [0.15, 0.2) is 0 Å². The van der Waals surface area contributed by atoms with Crippen LogP contribution in [-0.2, 0) is 0 Å². The van der Waals surface area contributed by atoms with Gasteiger partial charge in [0.2, 0.25) is 0 Å². The van der Waals surface area contributed by atoms with Crippen LogP contribution in [0.15, 0.2) is 30.4 Å². The fourth-order valence-electron chi connectivity index (χ4n) is 2.13. The van der Waals surface area contributed by atoms with Crippen LogP contribution in [0.5, 0.6) is 0 Å². The van der Waals surface area contributed by atoms with Gasteiger partial charge in [-0.3, -0.25) is 4.79 Å². The number of rotatable bonds is 2. The first kappa shape index (κ1) is 11.7. The second-order valence-electron chi connectivity index (χ2n) is 4.53. The molecule has 0 fully saturated rings. The first-order chi connectivity index (χ1) is 8.16. The Labute approximate surface area is 102 Å². The fourth-order valence-corrected chi connectivity index (χ4v) is 2.13. The SMILES string of the molecule is Cc1cc(N)ccc1C(=O)NC1CC=CCC1. The van der Waals surface area contributed by atoms with E-state index >= 15 is 0 Å². The minimum Gasteiger partial charge on any atom is -0.399 e. The van der Waals surface area contributed by atoms with Gasteiger partial charge in [-0.15, -0.1) is 0 Å². The van der Waals surface area contributed by atoms with E-state index in [0.717, 1.165) is 24.8 Å². The van der Waals surface area contributed by atoms with Crippen molar-refractivity contribution in [2.45, 2.75) is 32.2 Å². The Balaban J connectivity index is 2.06. The summed E-state index contributed by atoms with van der Waals surface area (Å²) in [6, 6.07) is 5.65. The number of allylic oxidation sites excluding steroid dienone is 1. The molecule has 1 atom stereocenters. The molecule has 90 valence electrons. The summed E-state index contributed by atoms with van der Waals surface area (Å²) < 4.78 is 0. The maximum Gasteiger partial charge on any atom is 0.251 e. The van der Waals surface area contributed by atoms with E-state index in [4.69, 9.17) is 5.73 Å². The Morgan fingerprint density at radius 2 is 2.24 bits per heavy atom. The molecular weight excluding hydrogens is 212 g/mol. The number of hydrogen-bond donors (Lipinski definition) is 2. The molecule has 3 N–H and O–H groups in total. The molecule has 0 aliphatic heterocycles. The molecule has 17 heavy (non-hydrogen) atoms. The molecule has 1 unspecified atom stereocenters. The molecule has 0 aromatic heterocycles. The zero-order valence-electron chi connectivity index (χ0n) is 10.1. The number of nitrogens with one attached hydrogen (secondary N) is 1. The molecule has 1 aliphatic carbocycles. The molecule has 2 rings (SSSR count). The lowest BCUT2D eigenvalue weighted by atomic mass is 10.0. The van der Waals surface area contributed by atoms with Crippen LogP contribution in [0.1, 0.15) is 35.2 Å². The van der Waals surface area contributed by atoms with Crippen molar-refractivity contribution in [2.75, 3.05) is 5.73 Å². The van der Waals surface area contributed by atoms with Gasteiger partial charge < -0.3 is 11.1 Å². The van der Waals surface area contributed by atoms with Crippen molar-refractivity contribution in [2.24, 2.45) is 0 Å². The quantitative estimate of drug-likeness (QED) is 0.605. The topological polar surface area (TPSA) is 55.1 Å². The molecule has 3 heteroatoms. The van der Waals surface area contributed by atoms with Gasteiger partial charge in [-0.25, -0.2) is 0 Å². The summed E-state index contributed by atoms with van der Waals surface area (Å²) in [6.45, 7) is 1.91. The number of carbonyl (C=O) groups excluding carboxylic acids is 1. The highest BCUT2D eigenvalue weighted by molar-refractivity contribution is 5.96. The predicted molar refractivity (Wildman–Crippen MR) is 69.8 cm³/mol. The van der Waals surface area contributed by atoms with Crippen molar-refractivity contribution < 1.29 is 4.79 Å². The zero-order valence-corrected chi connectivity index (χ0v) is 10.1. The number of nitrogens with two attached hydrogens (primary N) is 1. The summed E-state index contributed by atoms with van der Waals surface area (Å²) in [5.41, 5.74) is 8.01. The minimum absolute atomic E-state index is 0.00259. The second-order valence-corrected chi connectivity index (χ2v) is 4.53. The Bertz CT molecular complexity index is 452. The number of anilines is 1. The smallest absolute Gasteiger partial charge is 0.251 e. The number of aryl methyl sites for hydroxylation is 1. The molecule has 1 aliphatic rings. The molecule has 0 saturated carbocycles. The van der Waals surface area contributed by atoms with Crippen molar-refractivity contribution in [3.05, 3.63) is 41.5 Å². The molecule has 1 aromatic rings. The van der Waals surface area contributed by atoms with Crippen LogP contribution < -0.4 is 11.1 Å². The van der Waals surface area contributed by atoms with Gasteiger partial charge in [0, 0.05) is 17.3 Å². The van der Waals surface area contributed by atoms with E-state index in [1.165, 1.54) is 0 Å². The average Bonchev–Trinajstić information content (AvgIpc) is 2.30. The van der Waals surface area contributed by atoms with Crippen molar-refractivity contribution in [1.29, 1.82) is 0 Å². The first-order valence-corrected chi connectivity index (χ1v) is 5.99. The van der Waals surface area contributed by atoms with Crippen LogP contribution in [0.4, 0.5) is 5.69 Å². The third kappa shape index (κ3) is 2.87. The Morgan fingerprint density at radius 1 is 1.41 bits per heavy atom. The Kier molecular flexibility index (Phi) is 3.47. The molecule has 0 spiro atoms. The van der Waals surface area contributed by atoms with E-state index in [1.807, 2.05) is 13.0 Å². The fraction of sp³-hybridized carbons (Fsp3) is 0.357. The summed E-state index contributed by atoms with van der Waals surface area (Å²) in [7, 11) is 0. The van der Waals surface area contributed by atoms with Gasteiger partial charge in [-0.1, -0.05) is 12.2 Å². The molecule has 0 heterocycles. The zero-order chi connectivity index (χ0) is 12.3. The van der Waals surface area contributed by atoms with E-state index in [2.05, 4.69) is 17.5 Å². The first-order valence-electron chi connectivity index (χ1n) is 5.99. The maximum atomic E-state index is 12.1. The largest absolute Gasteiger partial charge is 0.399 e. The van der Waals surface area contributed by atoms with E-state index in [1.54, 1.807) is 12.1 Å². The molecule has 1 aromatic carbocycles. The lowest BCUT2D eigenvalue weighted by Gasteiger charge is -2.20. The van der Waals surface area contributed by atoms with Gasteiger partial charge in [0.05, 0.1) is 0 Å². The number of carbonyl (C=O) groups is 1. The predicted octanol–water partition coefficient (Wildman–Crippen LogP) is 2.42. The van der Waals surface area contributed by atoms with E-state index in [-0.39, 0.29) is 11.9 Å². The third-order valence-corrected chi connectivity index (χ3v) is 3.10. The third-order valence-electron chi connectivity index (χ3n) is 3.10. The summed E-state index contributed by atoms with van der Waals surface area (Å²) >= 11 is 0.